The van der Waals surface area contributed by atoms with Crippen molar-refractivity contribution in [1.82, 2.24) is 5.32 Å². The largest absolute Gasteiger partial charge is 0.468 e. The number of esters is 1. The summed E-state index contributed by atoms with van der Waals surface area (Å²) in [4.78, 5) is 10.7. The number of hydrogen-bond donors (Lipinski definition) is 1. The molecule has 1 N–H and O–H groups in total. The molecule has 1 atom stereocenters. The molecule has 94 valence electrons. The number of halogens is 3. The smallest absolute Gasteiger partial charge is 0.320 e. The number of methoxy groups -OCH3 is 1. The molecule has 0 aliphatic carbocycles. The van der Waals surface area contributed by atoms with E-state index in [0.29, 0.717) is 13.1 Å². The van der Waals surface area contributed by atoms with E-state index in [9.17, 15) is 9.18 Å². The first-order chi connectivity index (χ1) is 8.04. The Bertz CT molecular complexity index is 403. The van der Waals surface area contributed by atoms with Crippen LogP contribution in [0.3, 0.4) is 0 Å². The van der Waals surface area contributed by atoms with Crippen molar-refractivity contribution in [2.24, 2.45) is 0 Å². The van der Waals surface area contributed by atoms with Gasteiger partial charge in [0.15, 0.2) is 0 Å². The lowest BCUT2D eigenvalue weighted by Crippen LogP contribution is -2.29. The minimum Gasteiger partial charge on any atom is -0.468 e. The van der Waals surface area contributed by atoms with Crippen molar-refractivity contribution in [3.05, 3.63) is 34.6 Å². The molecule has 3 nitrogen and oxygen atoms in total. The van der Waals surface area contributed by atoms with Crippen LogP contribution in [0.5, 0.6) is 0 Å². The predicted molar refractivity (Wildman–Crippen MR) is 67.8 cm³/mol. The van der Waals surface area contributed by atoms with Crippen LogP contribution in [0.1, 0.15) is 5.56 Å². The van der Waals surface area contributed by atoms with Crippen molar-refractivity contribution in [1.29, 1.82) is 0 Å². The van der Waals surface area contributed by atoms with E-state index in [4.69, 9.17) is 11.6 Å². The predicted octanol–water partition coefficient (Wildman–Crippen LogP) is 2.51. The fourth-order valence-corrected chi connectivity index (χ4v) is 1.82. The van der Waals surface area contributed by atoms with Crippen molar-refractivity contribution in [2.75, 3.05) is 13.7 Å². The van der Waals surface area contributed by atoms with Gasteiger partial charge in [-0.15, -0.1) is 0 Å². The van der Waals surface area contributed by atoms with Gasteiger partial charge in [-0.1, -0.05) is 33.6 Å². The molecule has 1 aromatic carbocycles. The summed E-state index contributed by atoms with van der Waals surface area (Å²) in [6.45, 7) is 0.917. The maximum absolute atomic E-state index is 12.9. The molecule has 1 unspecified atom stereocenters. The maximum atomic E-state index is 12.9. The number of ether oxygens (including phenoxy) is 1. The van der Waals surface area contributed by atoms with Crippen LogP contribution in [0, 0.1) is 5.82 Å². The number of carbonyl (C=O) groups is 1. The summed E-state index contributed by atoms with van der Waals surface area (Å²) < 4.78 is 17.4. The lowest BCUT2D eigenvalue weighted by molar-refractivity contribution is -0.139. The van der Waals surface area contributed by atoms with Crippen LogP contribution in [0.15, 0.2) is 18.2 Å². The Morgan fingerprint density at radius 2 is 2.35 bits per heavy atom. The van der Waals surface area contributed by atoms with Crippen molar-refractivity contribution >= 4 is 33.5 Å². The van der Waals surface area contributed by atoms with Crippen molar-refractivity contribution in [2.45, 2.75) is 11.4 Å². The van der Waals surface area contributed by atoms with E-state index in [-0.39, 0.29) is 11.0 Å². The van der Waals surface area contributed by atoms with E-state index < -0.39 is 10.6 Å². The van der Waals surface area contributed by atoms with E-state index in [1.54, 1.807) is 12.1 Å². The van der Waals surface area contributed by atoms with Gasteiger partial charge in [0.1, 0.15) is 10.6 Å². The Kier molecular flexibility index (Phi) is 5.88. The number of nitrogens with one attached hydrogen (secondary N) is 1. The topological polar surface area (TPSA) is 38.3 Å². The van der Waals surface area contributed by atoms with Crippen LogP contribution < -0.4 is 5.32 Å². The molecule has 0 radical (unpaired) electrons. The Morgan fingerprint density at radius 1 is 1.65 bits per heavy atom. The zero-order valence-corrected chi connectivity index (χ0v) is 11.5. The third kappa shape index (κ3) is 4.61. The van der Waals surface area contributed by atoms with Gasteiger partial charge in [0.2, 0.25) is 0 Å². The highest BCUT2D eigenvalue weighted by Crippen LogP contribution is 2.15. The quantitative estimate of drug-likeness (QED) is 0.668. The van der Waals surface area contributed by atoms with Gasteiger partial charge in [-0.05, 0) is 17.7 Å². The van der Waals surface area contributed by atoms with Crippen LogP contribution in [0.2, 0.25) is 5.02 Å². The highest BCUT2D eigenvalue weighted by Gasteiger charge is 2.14. The van der Waals surface area contributed by atoms with E-state index in [0.717, 1.165) is 5.56 Å². The van der Waals surface area contributed by atoms with Crippen molar-refractivity contribution in [3.8, 4) is 0 Å². The molecule has 0 saturated carbocycles. The highest BCUT2D eigenvalue weighted by atomic mass is 79.9. The van der Waals surface area contributed by atoms with Crippen molar-refractivity contribution < 1.29 is 13.9 Å². The van der Waals surface area contributed by atoms with Gasteiger partial charge in [0.25, 0.3) is 0 Å². The maximum Gasteiger partial charge on any atom is 0.320 e. The number of rotatable bonds is 5. The summed E-state index contributed by atoms with van der Waals surface area (Å²) in [5.74, 6) is -0.780. The molecular weight excluding hydrogens is 312 g/mol. The standard InChI is InChI=1S/C11H12BrClFNO2/c1-17-11(16)8(12)6-15-5-7-2-3-10(14)9(13)4-7/h2-4,8,15H,5-6H2,1H3. The third-order valence-electron chi connectivity index (χ3n) is 2.09. The first kappa shape index (κ1) is 14.4. The van der Waals surface area contributed by atoms with Crippen LogP contribution in [-0.2, 0) is 16.1 Å². The highest BCUT2D eigenvalue weighted by molar-refractivity contribution is 9.10. The van der Waals surface area contributed by atoms with E-state index >= 15 is 0 Å². The van der Waals surface area contributed by atoms with Gasteiger partial charge in [0.05, 0.1) is 12.1 Å². The SMILES string of the molecule is COC(=O)C(Br)CNCc1ccc(F)c(Cl)c1. The second-order valence-corrected chi connectivity index (χ2v) is 4.88. The van der Waals surface area contributed by atoms with Crippen LogP contribution >= 0.6 is 27.5 Å². The fraction of sp³-hybridized carbons (Fsp3) is 0.364. The molecular formula is C11H12BrClFNO2. The summed E-state index contributed by atoms with van der Waals surface area (Å²) in [7, 11) is 1.33. The molecule has 0 saturated heterocycles. The average Bonchev–Trinajstić information content (AvgIpc) is 2.32. The summed E-state index contributed by atoms with van der Waals surface area (Å²) >= 11 is 8.82. The molecule has 6 heteroatoms. The monoisotopic (exact) mass is 323 g/mol. The van der Waals surface area contributed by atoms with Gasteiger partial charge < -0.3 is 10.1 Å². The van der Waals surface area contributed by atoms with E-state index in [2.05, 4.69) is 26.0 Å². The van der Waals surface area contributed by atoms with E-state index in [1.807, 2.05) is 0 Å². The summed E-state index contributed by atoms with van der Waals surface area (Å²) in [6.07, 6.45) is 0. The molecule has 1 aromatic rings. The van der Waals surface area contributed by atoms with Crippen LogP contribution in [-0.4, -0.2) is 24.5 Å². The Morgan fingerprint density at radius 3 is 2.94 bits per heavy atom. The van der Waals surface area contributed by atoms with Gasteiger partial charge in [0, 0.05) is 13.1 Å². The normalized spacial score (nSPS) is 12.2. The summed E-state index contributed by atoms with van der Waals surface area (Å²) in [5.41, 5.74) is 0.848. The summed E-state index contributed by atoms with van der Waals surface area (Å²) in [5, 5.41) is 3.12. The third-order valence-corrected chi connectivity index (χ3v) is 3.08. The van der Waals surface area contributed by atoms with Gasteiger partial charge in [-0.25, -0.2) is 4.39 Å². The second-order valence-electron chi connectivity index (χ2n) is 3.37. The Labute approximate surface area is 112 Å². The zero-order valence-electron chi connectivity index (χ0n) is 9.17. The lowest BCUT2D eigenvalue weighted by Gasteiger charge is -2.09. The molecule has 0 bridgehead atoms. The number of alkyl halides is 1. The number of hydrogen-bond acceptors (Lipinski definition) is 3. The van der Waals surface area contributed by atoms with Gasteiger partial charge in [-0.3, -0.25) is 4.79 Å². The molecule has 1 rings (SSSR count). The van der Waals surface area contributed by atoms with Gasteiger partial charge in [-0.2, -0.15) is 0 Å². The second kappa shape index (κ2) is 6.93. The van der Waals surface area contributed by atoms with Crippen LogP contribution in [0.25, 0.3) is 0 Å². The minimum atomic E-state index is -0.441. The Hall–Kier alpha value is -0.650. The molecule has 0 heterocycles. The fourth-order valence-electron chi connectivity index (χ4n) is 1.20. The van der Waals surface area contributed by atoms with Crippen LogP contribution in [0.4, 0.5) is 4.39 Å². The summed E-state index contributed by atoms with van der Waals surface area (Å²) in [6, 6.07) is 4.49. The molecule has 0 aromatic heterocycles. The molecule has 17 heavy (non-hydrogen) atoms. The molecule has 0 amide bonds. The average molecular weight is 325 g/mol. The zero-order chi connectivity index (χ0) is 12.8. The Balaban J connectivity index is 2.40. The first-order valence-corrected chi connectivity index (χ1v) is 6.20. The van der Waals surface area contributed by atoms with Gasteiger partial charge >= 0.3 is 5.97 Å². The first-order valence-electron chi connectivity index (χ1n) is 4.91. The molecule has 0 aliphatic rings. The molecule has 0 spiro atoms. The van der Waals surface area contributed by atoms with Crippen molar-refractivity contribution in [3.63, 3.8) is 0 Å². The molecule has 0 fully saturated rings. The number of benzene rings is 1. The minimum absolute atomic E-state index is 0.0904. The molecule has 0 aliphatic heterocycles. The van der Waals surface area contributed by atoms with E-state index in [1.165, 1.54) is 13.2 Å². The number of carbonyl (C=O) groups excluding carboxylic acids is 1. The lowest BCUT2D eigenvalue weighted by atomic mass is 10.2.